The van der Waals surface area contributed by atoms with Crippen molar-refractivity contribution in [2.24, 2.45) is 40.4 Å². The maximum absolute atomic E-state index is 10.1. The first-order chi connectivity index (χ1) is 12.8. The van der Waals surface area contributed by atoms with E-state index in [9.17, 15) is 5.11 Å². The molecule has 0 amide bonds. The zero-order chi connectivity index (χ0) is 19.4. The Morgan fingerprint density at radius 3 is 2.56 bits per heavy atom. The molecule has 0 aromatic carbocycles. The number of allylic oxidation sites excluding steroid dienone is 2. The topological polar surface area (TPSA) is 38.7 Å². The fourth-order valence-corrected chi connectivity index (χ4v) is 7.85. The Balaban J connectivity index is 1.60. The van der Waals surface area contributed by atoms with Gasteiger partial charge in [0.2, 0.25) is 0 Å². The van der Waals surface area contributed by atoms with E-state index in [0.717, 1.165) is 24.2 Å². The van der Waals surface area contributed by atoms with Gasteiger partial charge in [0, 0.05) is 25.6 Å². The average Bonchev–Trinajstić information content (AvgIpc) is 3.00. The normalized spacial score (nSPS) is 47.2. The second kappa shape index (κ2) is 7.00. The molecule has 0 saturated heterocycles. The second-order valence-electron chi connectivity index (χ2n) is 10.2. The largest absolute Gasteiger partial charge is 0.389 e. The van der Waals surface area contributed by atoms with Crippen LogP contribution in [-0.4, -0.2) is 31.7 Å². The summed E-state index contributed by atoms with van der Waals surface area (Å²) in [4.78, 5) is 0. The number of aliphatic hydroxyl groups is 1. The summed E-state index contributed by atoms with van der Waals surface area (Å²) in [6.45, 7) is 7.32. The SMILES string of the molecule is COC(OC)[C@@H](C)[C@H]1CC[C@H]2[C@@H]3CC=C4C[C@@H](O)C=C[C@]4(C)[C@H]3CC[C@]12C. The third-order valence-electron chi connectivity index (χ3n) is 9.23. The second-order valence-corrected chi connectivity index (χ2v) is 10.2. The van der Waals surface area contributed by atoms with Crippen molar-refractivity contribution in [3.63, 3.8) is 0 Å². The van der Waals surface area contributed by atoms with Gasteiger partial charge in [0.15, 0.2) is 6.29 Å². The highest BCUT2D eigenvalue weighted by Gasteiger charge is 2.59. The predicted octanol–water partition coefficient (Wildman–Crippen LogP) is 4.96. The summed E-state index contributed by atoms with van der Waals surface area (Å²) >= 11 is 0. The Labute approximate surface area is 165 Å². The lowest BCUT2D eigenvalue weighted by atomic mass is 9.48. The standard InChI is InChI=1S/C24H38O3/c1-15(22(26-4)27-5)19-8-9-20-18-7-6-16-14-17(25)10-12-23(16,2)21(18)11-13-24(19,20)3/h6,10,12,15,17-22,25H,7-9,11,13-14H2,1-5H3/t15-,17-,18-,19+,20-,21-,23-,24+/m0/s1. The number of methoxy groups -OCH3 is 2. The van der Waals surface area contributed by atoms with Crippen LogP contribution in [0.25, 0.3) is 0 Å². The summed E-state index contributed by atoms with van der Waals surface area (Å²) < 4.78 is 11.3. The Kier molecular flexibility index (Phi) is 5.10. The molecule has 2 saturated carbocycles. The van der Waals surface area contributed by atoms with Crippen LogP contribution in [0.3, 0.4) is 0 Å². The van der Waals surface area contributed by atoms with Crippen molar-refractivity contribution in [1.82, 2.24) is 0 Å². The molecule has 0 aliphatic heterocycles. The molecule has 4 aliphatic carbocycles. The van der Waals surface area contributed by atoms with Crippen LogP contribution in [0.2, 0.25) is 0 Å². The Bertz CT molecular complexity index is 621. The van der Waals surface area contributed by atoms with Crippen molar-refractivity contribution in [2.45, 2.75) is 71.7 Å². The minimum absolute atomic E-state index is 0.0959. The quantitative estimate of drug-likeness (QED) is 0.558. The highest BCUT2D eigenvalue weighted by Crippen LogP contribution is 2.66. The molecule has 3 heteroatoms. The molecule has 3 nitrogen and oxygen atoms in total. The van der Waals surface area contributed by atoms with Crippen LogP contribution in [-0.2, 0) is 9.47 Å². The molecule has 2 fully saturated rings. The predicted molar refractivity (Wildman–Crippen MR) is 108 cm³/mol. The molecule has 0 unspecified atom stereocenters. The van der Waals surface area contributed by atoms with Crippen molar-refractivity contribution < 1.29 is 14.6 Å². The maximum atomic E-state index is 10.1. The first-order valence-electron chi connectivity index (χ1n) is 11.0. The average molecular weight is 375 g/mol. The van der Waals surface area contributed by atoms with Crippen LogP contribution in [0.4, 0.5) is 0 Å². The van der Waals surface area contributed by atoms with E-state index in [1.807, 2.05) is 0 Å². The number of hydrogen-bond acceptors (Lipinski definition) is 3. The van der Waals surface area contributed by atoms with Crippen molar-refractivity contribution in [3.8, 4) is 0 Å². The summed E-state index contributed by atoms with van der Waals surface area (Å²) in [5, 5.41) is 10.1. The van der Waals surface area contributed by atoms with Gasteiger partial charge in [0.1, 0.15) is 0 Å². The van der Waals surface area contributed by atoms with Gasteiger partial charge < -0.3 is 14.6 Å². The van der Waals surface area contributed by atoms with Gasteiger partial charge in [-0.3, -0.25) is 0 Å². The lowest BCUT2D eigenvalue weighted by molar-refractivity contribution is -0.160. The van der Waals surface area contributed by atoms with Crippen molar-refractivity contribution in [2.75, 3.05) is 14.2 Å². The Morgan fingerprint density at radius 2 is 1.85 bits per heavy atom. The van der Waals surface area contributed by atoms with E-state index in [1.165, 1.54) is 37.7 Å². The van der Waals surface area contributed by atoms with Gasteiger partial charge in [-0.25, -0.2) is 0 Å². The smallest absolute Gasteiger partial charge is 0.159 e. The molecular formula is C24H38O3. The van der Waals surface area contributed by atoms with Gasteiger partial charge >= 0.3 is 0 Å². The molecule has 1 N–H and O–H groups in total. The summed E-state index contributed by atoms with van der Waals surface area (Å²) in [5.74, 6) is 3.41. The molecule has 8 atom stereocenters. The van der Waals surface area contributed by atoms with Crippen molar-refractivity contribution in [3.05, 3.63) is 23.8 Å². The van der Waals surface area contributed by atoms with E-state index >= 15 is 0 Å². The molecule has 0 radical (unpaired) electrons. The van der Waals surface area contributed by atoms with E-state index in [0.29, 0.717) is 17.3 Å². The monoisotopic (exact) mass is 374 g/mol. The lowest BCUT2D eigenvalue weighted by Crippen LogP contribution is -2.50. The Hall–Kier alpha value is -0.640. The third kappa shape index (κ3) is 2.88. The van der Waals surface area contributed by atoms with Gasteiger partial charge in [0.25, 0.3) is 0 Å². The fourth-order valence-electron chi connectivity index (χ4n) is 7.85. The zero-order valence-electron chi connectivity index (χ0n) is 17.8. The minimum atomic E-state index is -0.286. The van der Waals surface area contributed by atoms with Gasteiger partial charge in [-0.1, -0.05) is 44.6 Å². The zero-order valence-corrected chi connectivity index (χ0v) is 17.8. The van der Waals surface area contributed by atoms with Crippen LogP contribution >= 0.6 is 0 Å². The van der Waals surface area contributed by atoms with Gasteiger partial charge in [-0.05, 0) is 67.6 Å². The van der Waals surface area contributed by atoms with Crippen LogP contribution < -0.4 is 0 Å². The van der Waals surface area contributed by atoms with E-state index in [-0.39, 0.29) is 17.8 Å². The molecule has 4 aliphatic rings. The van der Waals surface area contributed by atoms with Crippen molar-refractivity contribution in [1.29, 1.82) is 0 Å². The third-order valence-corrected chi connectivity index (χ3v) is 9.23. The number of aliphatic hydroxyl groups excluding tert-OH is 1. The van der Waals surface area contributed by atoms with Crippen LogP contribution in [0.5, 0.6) is 0 Å². The van der Waals surface area contributed by atoms with Crippen LogP contribution in [0, 0.1) is 40.4 Å². The molecule has 152 valence electrons. The molecule has 0 spiro atoms. The lowest BCUT2D eigenvalue weighted by Gasteiger charge is -2.57. The molecular weight excluding hydrogens is 336 g/mol. The maximum Gasteiger partial charge on any atom is 0.159 e. The van der Waals surface area contributed by atoms with Gasteiger partial charge in [-0.15, -0.1) is 0 Å². The molecule has 0 heterocycles. The minimum Gasteiger partial charge on any atom is -0.389 e. The first kappa shape index (κ1) is 19.7. The molecule has 0 bridgehead atoms. The molecule has 0 aromatic rings. The summed E-state index contributed by atoms with van der Waals surface area (Å²) in [7, 11) is 3.54. The highest BCUT2D eigenvalue weighted by atomic mass is 16.7. The fraction of sp³-hybridized carbons (Fsp3) is 0.833. The number of rotatable bonds is 4. The molecule has 4 rings (SSSR count). The van der Waals surface area contributed by atoms with Crippen molar-refractivity contribution >= 4 is 0 Å². The van der Waals surface area contributed by atoms with E-state index in [4.69, 9.17) is 9.47 Å². The molecule has 27 heavy (non-hydrogen) atoms. The number of hydrogen-bond donors (Lipinski definition) is 1. The van der Waals surface area contributed by atoms with E-state index < -0.39 is 0 Å². The summed E-state index contributed by atoms with van der Waals surface area (Å²) in [6, 6.07) is 0. The number of fused-ring (bicyclic) bond motifs is 5. The molecule has 0 aromatic heterocycles. The highest BCUT2D eigenvalue weighted by molar-refractivity contribution is 5.32. The van der Waals surface area contributed by atoms with Gasteiger partial charge in [-0.2, -0.15) is 0 Å². The summed E-state index contributed by atoms with van der Waals surface area (Å²) in [6.07, 6.45) is 13.8. The van der Waals surface area contributed by atoms with E-state index in [1.54, 1.807) is 14.2 Å². The number of ether oxygens (including phenoxy) is 2. The van der Waals surface area contributed by atoms with Gasteiger partial charge in [0.05, 0.1) is 6.10 Å². The summed E-state index contributed by atoms with van der Waals surface area (Å²) in [5.41, 5.74) is 2.05. The Morgan fingerprint density at radius 1 is 1.11 bits per heavy atom. The van der Waals surface area contributed by atoms with Crippen LogP contribution in [0.1, 0.15) is 59.3 Å². The first-order valence-corrected chi connectivity index (χ1v) is 11.0. The van der Waals surface area contributed by atoms with Crippen LogP contribution in [0.15, 0.2) is 23.8 Å². The van der Waals surface area contributed by atoms with E-state index in [2.05, 4.69) is 39.0 Å².